The first kappa shape index (κ1) is 14.0. The summed E-state index contributed by atoms with van der Waals surface area (Å²) in [6, 6.07) is 27.9. The van der Waals surface area contributed by atoms with Gasteiger partial charge in [0.15, 0.2) is 0 Å². The van der Waals surface area contributed by atoms with Crippen molar-refractivity contribution in [3.05, 3.63) is 102 Å². The molecule has 1 N–H and O–H groups in total. The van der Waals surface area contributed by atoms with Crippen LogP contribution in [0.3, 0.4) is 0 Å². The van der Waals surface area contributed by atoms with Crippen molar-refractivity contribution < 1.29 is 9.84 Å². The number of benzene rings is 3. The van der Waals surface area contributed by atoms with Crippen molar-refractivity contribution in [2.24, 2.45) is 0 Å². The molecule has 0 fully saturated rings. The van der Waals surface area contributed by atoms with Crippen LogP contribution in [-0.4, -0.2) is 5.11 Å². The fourth-order valence-corrected chi connectivity index (χ4v) is 3.33. The van der Waals surface area contributed by atoms with Gasteiger partial charge in [0.25, 0.3) is 0 Å². The maximum atomic E-state index is 11.2. The Morgan fingerprint density at radius 3 is 2.13 bits per heavy atom. The van der Waals surface area contributed by atoms with E-state index in [0.29, 0.717) is 6.42 Å². The molecule has 0 unspecified atom stereocenters. The second-order valence-corrected chi connectivity index (χ2v) is 5.96. The van der Waals surface area contributed by atoms with E-state index < -0.39 is 5.79 Å². The minimum absolute atomic E-state index is 0.103. The summed E-state index contributed by atoms with van der Waals surface area (Å²) in [5.41, 5.74) is 3.10. The van der Waals surface area contributed by atoms with Gasteiger partial charge in [-0.1, -0.05) is 78.9 Å². The van der Waals surface area contributed by atoms with Crippen LogP contribution in [0.1, 0.15) is 29.0 Å². The summed E-state index contributed by atoms with van der Waals surface area (Å²) < 4.78 is 6.01. The molecule has 0 spiro atoms. The predicted molar refractivity (Wildman–Crippen MR) is 90.3 cm³/mol. The van der Waals surface area contributed by atoms with Gasteiger partial charge in [0.1, 0.15) is 5.75 Å². The Kier molecular flexibility index (Phi) is 3.40. The highest BCUT2D eigenvalue weighted by Crippen LogP contribution is 2.46. The molecule has 2 nitrogen and oxygen atoms in total. The summed E-state index contributed by atoms with van der Waals surface area (Å²) >= 11 is 0. The molecule has 0 saturated carbocycles. The zero-order chi connectivity index (χ0) is 15.7. The van der Waals surface area contributed by atoms with Crippen LogP contribution >= 0.6 is 0 Å². The van der Waals surface area contributed by atoms with Crippen molar-refractivity contribution in [1.29, 1.82) is 0 Å². The molecule has 23 heavy (non-hydrogen) atoms. The second-order valence-electron chi connectivity index (χ2n) is 5.96. The first-order valence-corrected chi connectivity index (χ1v) is 7.87. The van der Waals surface area contributed by atoms with Gasteiger partial charge in [-0.05, 0) is 11.6 Å². The summed E-state index contributed by atoms with van der Waals surface area (Å²) in [5.74, 6) is -0.457. The van der Waals surface area contributed by atoms with Crippen molar-refractivity contribution in [1.82, 2.24) is 0 Å². The molecule has 114 valence electrons. The fraction of sp³-hybridized carbons (Fsp3) is 0.143. The van der Waals surface area contributed by atoms with Crippen LogP contribution in [0, 0.1) is 0 Å². The van der Waals surface area contributed by atoms with E-state index in [1.54, 1.807) is 0 Å². The smallest absolute Gasteiger partial charge is 0.235 e. The van der Waals surface area contributed by atoms with Crippen LogP contribution in [0.25, 0.3) is 0 Å². The average molecular weight is 302 g/mol. The lowest BCUT2D eigenvalue weighted by atomic mass is 9.81. The van der Waals surface area contributed by atoms with Crippen molar-refractivity contribution >= 4 is 0 Å². The van der Waals surface area contributed by atoms with Crippen molar-refractivity contribution in [3.63, 3.8) is 0 Å². The maximum absolute atomic E-state index is 11.2. The summed E-state index contributed by atoms with van der Waals surface area (Å²) in [7, 11) is 0. The molecule has 3 aromatic rings. The van der Waals surface area contributed by atoms with E-state index in [1.807, 2.05) is 66.7 Å². The highest BCUT2D eigenvalue weighted by Gasteiger charge is 2.41. The molecule has 3 aromatic carbocycles. The third-order valence-electron chi connectivity index (χ3n) is 4.48. The molecular formula is C21H18O2. The van der Waals surface area contributed by atoms with Gasteiger partial charge in [-0.15, -0.1) is 0 Å². The number of rotatable bonds is 2. The topological polar surface area (TPSA) is 29.5 Å². The molecule has 1 aliphatic heterocycles. The van der Waals surface area contributed by atoms with E-state index >= 15 is 0 Å². The summed E-state index contributed by atoms with van der Waals surface area (Å²) in [5, 5.41) is 11.2. The molecule has 0 aromatic heterocycles. The number of para-hydroxylation sites is 1. The largest absolute Gasteiger partial charge is 0.458 e. The maximum Gasteiger partial charge on any atom is 0.235 e. The molecule has 0 aliphatic carbocycles. The number of ether oxygens (including phenoxy) is 1. The van der Waals surface area contributed by atoms with Gasteiger partial charge in [-0.25, -0.2) is 0 Å². The zero-order valence-corrected chi connectivity index (χ0v) is 12.7. The molecule has 2 heteroatoms. The van der Waals surface area contributed by atoms with Crippen LogP contribution in [0.5, 0.6) is 5.75 Å². The van der Waals surface area contributed by atoms with E-state index in [0.717, 1.165) is 16.9 Å². The monoisotopic (exact) mass is 302 g/mol. The molecule has 1 heterocycles. The van der Waals surface area contributed by atoms with Gasteiger partial charge in [-0.2, -0.15) is 0 Å². The number of hydrogen-bond acceptors (Lipinski definition) is 2. The van der Waals surface area contributed by atoms with Gasteiger partial charge in [0.05, 0.1) is 0 Å². The highest BCUT2D eigenvalue weighted by molar-refractivity contribution is 5.45. The molecule has 0 saturated heterocycles. The molecule has 4 rings (SSSR count). The number of aliphatic hydroxyl groups is 1. The lowest BCUT2D eigenvalue weighted by molar-refractivity contribution is -0.161. The van der Waals surface area contributed by atoms with E-state index in [1.165, 1.54) is 5.56 Å². The first-order valence-electron chi connectivity index (χ1n) is 7.87. The SMILES string of the molecule is O[C@]1(c2ccccc2)C[C@@H](c2ccccc2)c2ccccc2O1. The molecule has 1 aliphatic rings. The van der Waals surface area contributed by atoms with Crippen molar-refractivity contribution in [2.75, 3.05) is 0 Å². The van der Waals surface area contributed by atoms with Gasteiger partial charge in [-0.3, -0.25) is 0 Å². The lowest BCUT2D eigenvalue weighted by Crippen LogP contribution is -2.38. The third-order valence-corrected chi connectivity index (χ3v) is 4.48. The Bertz CT molecular complexity index is 798. The summed E-state index contributed by atoms with van der Waals surface area (Å²) in [4.78, 5) is 0. The minimum Gasteiger partial charge on any atom is -0.458 e. The minimum atomic E-state index is -1.31. The Balaban J connectivity index is 1.83. The highest BCUT2D eigenvalue weighted by atomic mass is 16.6. The van der Waals surface area contributed by atoms with E-state index in [2.05, 4.69) is 18.2 Å². The van der Waals surface area contributed by atoms with Crippen LogP contribution < -0.4 is 4.74 Å². The zero-order valence-electron chi connectivity index (χ0n) is 12.7. The van der Waals surface area contributed by atoms with E-state index in [-0.39, 0.29) is 5.92 Å². The van der Waals surface area contributed by atoms with E-state index in [9.17, 15) is 5.11 Å². The van der Waals surface area contributed by atoms with Crippen LogP contribution in [0.4, 0.5) is 0 Å². The van der Waals surface area contributed by atoms with Crippen LogP contribution in [0.15, 0.2) is 84.9 Å². The standard InChI is InChI=1S/C21H18O2/c22-21(17-11-5-2-6-12-17)15-19(16-9-3-1-4-10-16)18-13-7-8-14-20(18)23-21/h1-14,19,22H,15H2/t19-,21+/m0/s1. The Hall–Kier alpha value is -2.58. The second kappa shape index (κ2) is 5.56. The summed E-state index contributed by atoms with van der Waals surface area (Å²) in [6.07, 6.45) is 0.498. The van der Waals surface area contributed by atoms with Gasteiger partial charge < -0.3 is 9.84 Å². The van der Waals surface area contributed by atoms with Crippen LogP contribution in [0.2, 0.25) is 0 Å². The number of hydrogen-bond donors (Lipinski definition) is 1. The third kappa shape index (κ3) is 2.51. The predicted octanol–water partition coefficient (Wildman–Crippen LogP) is 4.45. The van der Waals surface area contributed by atoms with Crippen LogP contribution in [-0.2, 0) is 5.79 Å². The quantitative estimate of drug-likeness (QED) is 0.758. The number of fused-ring (bicyclic) bond motifs is 1. The Labute approximate surface area is 136 Å². The van der Waals surface area contributed by atoms with Gasteiger partial charge >= 0.3 is 0 Å². The average Bonchev–Trinajstić information content (AvgIpc) is 2.62. The van der Waals surface area contributed by atoms with Gasteiger partial charge in [0, 0.05) is 23.5 Å². The molecule has 0 bridgehead atoms. The molecule has 0 amide bonds. The lowest BCUT2D eigenvalue weighted by Gasteiger charge is -2.39. The Morgan fingerprint density at radius 1 is 0.783 bits per heavy atom. The van der Waals surface area contributed by atoms with Crippen molar-refractivity contribution in [2.45, 2.75) is 18.1 Å². The normalized spacial score (nSPS) is 22.9. The van der Waals surface area contributed by atoms with Gasteiger partial charge in [0.2, 0.25) is 5.79 Å². The summed E-state index contributed by atoms with van der Waals surface area (Å²) in [6.45, 7) is 0. The van der Waals surface area contributed by atoms with E-state index in [4.69, 9.17) is 4.74 Å². The van der Waals surface area contributed by atoms with Crippen molar-refractivity contribution in [3.8, 4) is 5.75 Å². The fourth-order valence-electron chi connectivity index (χ4n) is 3.33. The Morgan fingerprint density at radius 2 is 1.39 bits per heavy atom. The molecule has 0 radical (unpaired) electrons. The molecular weight excluding hydrogens is 284 g/mol. The first-order chi connectivity index (χ1) is 11.3. The molecule has 2 atom stereocenters.